The van der Waals surface area contributed by atoms with Gasteiger partial charge in [-0.2, -0.15) is 19.8 Å². The van der Waals surface area contributed by atoms with Gasteiger partial charge in [-0.15, -0.1) is 3.71 Å². The number of sulfonamides is 2. The molecule has 1 aliphatic rings. The number of aromatic amines is 1. The number of aromatic nitrogens is 1. The van der Waals surface area contributed by atoms with Crippen molar-refractivity contribution in [3.63, 3.8) is 0 Å². The summed E-state index contributed by atoms with van der Waals surface area (Å²) in [6, 6.07) is 15.5. The second kappa shape index (κ2) is 6.69. The first-order valence-electron chi connectivity index (χ1n) is 9.26. The van der Waals surface area contributed by atoms with Crippen LogP contribution in [-0.4, -0.2) is 27.6 Å². The molecule has 0 radical (unpaired) electrons. The first kappa shape index (κ1) is 19.3. The predicted octanol–water partition coefficient (Wildman–Crippen LogP) is 4.21. The summed E-state index contributed by atoms with van der Waals surface area (Å²) in [7, 11) is -8.48. The summed E-state index contributed by atoms with van der Waals surface area (Å²) in [4.78, 5) is 3.01. The van der Waals surface area contributed by atoms with Gasteiger partial charge in [-0.05, 0) is 47.5 Å². The van der Waals surface area contributed by atoms with Crippen LogP contribution in [0.25, 0.3) is 10.9 Å². The number of thiophene rings is 1. The lowest BCUT2D eigenvalue weighted by molar-refractivity contribution is 0.579. The molecule has 1 aliphatic heterocycles. The minimum atomic E-state index is -4.32. The smallest absolute Gasteiger partial charge is 0.278 e. The number of rotatable bonds is 3. The Bertz CT molecular complexity index is 1450. The lowest BCUT2D eigenvalue weighted by atomic mass is 9.94. The Hall–Kier alpha value is -2.62. The number of hydrogen-bond donors (Lipinski definition) is 1. The van der Waals surface area contributed by atoms with Crippen LogP contribution in [0.2, 0.25) is 0 Å². The van der Waals surface area contributed by atoms with Crippen LogP contribution in [0.4, 0.5) is 5.82 Å². The van der Waals surface area contributed by atoms with Crippen molar-refractivity contribution in [3.8, 4) is 0 Å². The van der Waals surface area contributed by atoms with Crippen molar-refractivity contribution in [2.75, 3.05) is 9.46 Å². The molecule has 2 aromatic carbocycles. The minimum Gasteiger partial charge on any atom is -0.339 e. The van der Waals surface area contributed by atoms with Gasteiger partial charge >= 0.3 is 0 Å². The second-order valence-corrected chi connectivity index (χ2v) is 12.0. The van der Waals surface area contributed by atoms with Gasteiger partial charge in [-0.3, -0.25) is 0 Å². The maximum Gasteiger partial charge on any atom is 0.278 e. The van der Waals surface area contributed by atoms with Crippen molar-refractivity contribution in [1.29, 1.82) is 0 Å². The second-order valence-electron chi connectivity index (χ2n) is 7.34. The van der Waals surface area contributed by atoms with Gasteiger partial charge < -0.3 is 4.98 Å². The van der Waals surface area contributed by atoms with Gasteiger partial charge in [0.1, 0.15) is 5.82 Å². The molecule has 4 aromatic rings. The lowest BCUT2D eigenvalue weighted by Gasteiger charge is -2.32. The van der Waals surface area contributed by atoms with Crippen LogP contribution in [-0.2, 0) is 20.0 Å². The molecular weight excluding hydrogens is 440 g/mol. The van der Waals surface area contributed by atoms with E-state index >= 15 is 0 Å². The molecule has 154 valence electrons. The zero-order valence-corrected chi connectivity index (χ0v) is 18.4. The third-order valence-electron chi connectivity index (χ3n) is 5.37. The summed E-state index contributed by atoms with van der Waals surface area (Å²) < 4.78 is 54.2. The number of hydrogen-bond acceptors (Lipinski definition) is 5. The van der Waals surface area contributed by atoms with E-state index in [0.29, 0.717) is 14.8 Å². The van der Waals surface area contributed by atoms with E-state index in [0.717, 1.165) is 16.5 Å². The summed E-state index contributed by atoms with van der Waals surface area (Å²) >= 11 is 1.48. The van der Waals surface area contributed by atoms with Gasteiger partial charge in [0.05, 0.1) is 10.6 Å². The number of benzene rings is 2. The van der Waals surface area contributed by atoms with E-state index < -0.39 is 26.0 Å². The maximum absolute atomic E-state index is 13.5. The number of H-pyrrole nitrogens is 1. The highest BCUT2D eigenvalue weighted by atomic mass is 32.3. The Morgan fingerprint density at radius 2 is 1.80 bits per heavy atom. The van der Waals surface area contributed by atoms with Gasteiger partial charge in [0, 0.05) is 22.4 Å². The molecule has 6 nitrogen and oxygen atoms in total. The van der Waals surface area contributed by atoms with Gasteiger partial charge in [0.2, 0.25) is 0 Å². The van der Waals surface area contributed by atoms with Crippen molar-refractivity contribution in [2.24, 2.45) is 0 Å². The Morgan fingerprint density at radius 1 is 1.07 bits per heavy atom. The first-order chi connectivity index (χ1) is 14.3. The van der Waals surface area contributed by atoms with E-state index in [1.807, 2.05) is 48.0 Å². The van der Waals surface area contributed by atoms with E-state index in [-0.39, 0.29) is 16.5 Å². The molecule has 0 spiro atoms. The summed E-state index contributed by atoms with van der Waals surface area (Å²) in [6.07, 6.45) is 0. The molecule has 0 saturated carbocycles. The van der Waals surface area contributed by atoms with E-state index in [1.54, 1.807) is 12.1 Å². The van der Waals surface area contributed by atoms with Crippen LogP contribution in [0.1, 0.15) is 22.6 Å². The van der Waals surface area contributed by atoms with Crippen LogP contribution in [0.15, 0.2) is 70.3 Å². The standard InChI is InChI=1S/C21H18N2O4S3/c1-14-6-8-16(9-7-14)30(26,27)23-21-20(17-4-2-3-5-19(17)22-21)18(13-29(23,24)25)15-10-11-28-12-15/h2-12,18,22H,13H2,1H3. The fourth-order valence-corrected chi connectivity index (χ4v) is 8.70. The van der Waals surface area contributed by atoms with Crippen molar-refractivity contribution in [1.82, 2.24) is 4.98 Å². The van der Waals surface area contributed by atoms with Gasteiger partial charge in [-0.1, -0.05) is 35.9 Å². The summed E-state index contributed by atoms with van der Waals surface area (Å²) in [6.45, 7) is 1.84. The molecule has 0 saturated heterocycles. The largest absolute Gasteiger partial charge is 0.339 e. The fraction of sp³-hybridized carbons (Fsp3) is 0.143. The third kappa shape index (κ3) is 2.88. The van der Waals surface area contributed by atoms with Crippen molar-refractivity contribution >= 4 is 48.1 Å². The van der Waals surface area contributed by atoms with Crippen LogP contribution < -0.4 is 3.71 Å². The monoisotopic (exact) mass is 458 g/mol. The molecule has 5 rings (SSSR count). The molecule has 1 N–H and O–H groups in total. The SMILES string of the molecule is Cc1ccc(S(=O)(=O)N2c3[nH]c4ccccc4c3C(c3ccsc3)CS2(=O)=O)cc1. The Balaban J connectivity index is 1.81. The molecule has 0 bridgehead atoms. The molecule has 9 heteroatoms. The molecule has 0 aliphatic carbocycles. The average Bonchev–Trinajstić information content (AvgIpc) is 3.34. The molecule has 1 atom stereocenters. The topological polar surface area (TPSA) is 87.3 Å². The van der Waals surface area contributed by atoms with Crippen LogP contribution in [0.5, 0.6) is 0 Å². The fourth-order valence-electron chi connectivity index (χ4n) is 3.96. The molecule has 1 unspecified atom stereocenters. The Kier molecular flexibility index (Phi) is 4.32. The first-order valence-corrected chi connectivity index (χ1v) is 13.3. The van der Waals surface area contributed by atoms with Crippen molar-refractivity contribution < 1.29 is 16.8 Å². The van der Waals surface area contributed by atoms with Crippen LogP contribution in [0.3, 0.4) is 0 Å². The van der Waals surface area contributed by atoms with Gasteiger partial charge in [0.15, 0.2) is 0 Å². The summed E-state index contributed by atoms with van der Waals surface area (Å²) in [5.74, 6) is -0.667. The highest BCUT2D eigenvalue weighted by Gasteiger charge is 2.46. The van der Waals surface area contributed by atoms with Crippen molar-refractivity contribution in [2.45, 2.75) is 17.7 Å². The predicted molar refractivity (Wildman–Crippen MR) is 119 cm³/mol. The molecular formula is C21H18N2O4S3. The van der Waals surface area contributed by atoms with E-state index in [4.69, 9.17) is 0 Å². The minimum absolute atomic E-state index is 0.0599. The Morgan fingerprint density at radius 3 is 2.50 bits per heavy atom. The number of nitrogens with zero attached hydrogens (tertiary/aromatic N) is 1. The van der Waals surface area contributed by atoms with Crippen molar-refractivity contribution in [3.05, 3.63) is 82.0 Å². The molecule has 30 heavy (non-hydrogen) atoms. The highest BCUT2D eigenvalue weighted by molar-refractivity contribution is 8.10. The Labute approximate surface area is 178 Å². The van der Waals surface area contributed by atoms with E-state index in [1.165, 1.54) is 23.5 Å². The number of fused-ring (bicyclic) bond motifs is 3. The molecule has 2 aromatic heterocycles. The quantitative estimate of drug-likeness (QED) is 0.498. The molecule has 0 amide bonds. The van der Waals surface area contributed by atoms with E-state index in [9.17, 15) is 16.8 Å². The van der Waals surface area contributed by atoms with Gasteiger partial charge in [0.25, 0.3) is 20.0 Å². The van der Waals surface area contributed by atoms with Crippen LogP contribution in [0, 0.1) is 6.92 Å². The molecule has 3 heterocycles. The number of nitrogens with one attached hydrogen (secondary N) is 1. The third-order valence-corrected chi connectivity index (χ3v) is 10.3. The number of para-hydroxylation sites is 1. The van der Waals surface area contributed by atoms with Gasteiger partial charge in [-0.25, -0.2) is 8.42 Å². The zero-order valence-electron chi connectivity index (χ0n) is 15.9. The maximum atomic E-state index is 13.5. The van der Waals surface area contributed by atoms with Crippen LogP contribution >= 0.6 is 11.3 Å². The highest BCUT2D eigenvalue weighted by Crippen LogP contribution is 2.46. The normalized spacial score (nSPS) is 18.4. The number of anilines is 1. The molecule has 0 fully saturated rings. The average molecular weight is 459 g/mol. The number of aryl methyl sites for hydroxylation is 1. The summed E-state index contributed by atoms with van der Waals surface area (Å²) in [5, 5.41) is 4.63. The zero-order chi connectivity index (χ0) is 21.1. The summed E-state index contributed by atoms with van der Waals surface area (Å²) in [5.41, 5.74) is 3.14. The lowest BCUT2D eigenvalue weighted by Crippen LogP contribution is -2.43. The van der Waals surface area contributed by atoms with E-state index in [2.05, 4.69) is 4.98 Å².